The Morgan fingerprint density at radius 1 is 0.778 bits per heavy atom. The number of sulfonamides is 2. The van der Waals surface area contributed by atoms with E-state index in [1.807, 2.05) is 13.8 Å². The molecule has 0 spiro atoms. The van der Waals surface area contributed by atoms with Crippen molar-refractivity contribution in [1.82, 2.24) is 9.21 Å². The number of halogens is 1. The highest BCUT2D eigenvalue weighted by Crippen LogP contribution is 2.26. The molecule has 1 fully saturated rings. The average Bonchev–Trinajstić information content (AvgIpc) is 2.84. The summed E-state index contributed by atoms with van der Waals surface area (Å²) in [6, 6.07) is 17.4. The second-order valence-corrected chi connectivity index (χ2v) is 12.7. The van der Waals surface area contributed by atoms with Crippen LogP contribution in [0.1, 0.15) is 21.5 Å². The first-order chi connectivity index (χ1) is 17.0. The van der Waals surface area contributed by atoms with E-state index in [-0.39, 0.29) is 58.2 Å². The van der Waals surface area contributed by atoms with Crippen LogP contribution in [0.25, 0.3) is 0 Å². The number of anilines is 1. The molecule has 4 rings (SSSR count). The third-order valence-electron chi connectivity index (χ3n) is 5.97. The molecule has 190 valence electrons. The van der Waals surface area contributed by atoms with Crippen LogP contribution in [0.15, 0.2) is 76.5 Å². The van der Waals surface area contributed by atoms with Crippen molar-refractivity contribution in [3.05, 3.63) is 88.4 Å². The van der Waals surface area contributed by atoms with Crippen molar-refractivity contribution >= 4 is 43.2 Å². The molecule has 1 N–H and O–H groups in total. The topological polar surface area (TPSA) is 104 Å². The predicted molar refractivity (Wildman–Crippen MR) is 139 cm³/mol. The summed E-state index contributed by atoms with van der Waals surface area (Å²) in [5.41, 5.74) is 2.35. The number of rotatable bonds is 6. The van der Waals surface area contributed by atoms with Gasteiger partial charge >= 0.3 is 0 Å². The molecule has 8 nitrogen and oxygen atoms in total. The molecule has 0 atom stereocenters. The van der Waals surface area contributed by atoms with Gasteiger partial charge in [-0.3, -0.25) is 9.52 Å². The van der Waals surface area contributed by atoms with Crippen LogP contribution < -0.4 is 4.72 Å². The Kier molecular flexibility index (Phi) is 7.42. The SMILES string of the molecule is Cc1ccc(S(=O)(=O)Nc2ccc(C(=O)N3CCN(S(=O)(=O)c4ccc(C)cc4)CC3)c(Cl)c2)cc1. The summed E-state index contributed by atoms with van der Waals surface area (Å²) >= 11 is 6.34. The van der Waals surface area contributed by atoms with Gasteiger partial charge < -0.3 is 4.90 Å². The minimum Gasteiger partial charge on any atom is -0.336 e. The van der Waals surface area contributed by atoms with Crippen LogP contribution in [0.5, 0.6) is 0 Å². The van der Waals surface area contributed by atoms with E-state index in [0.717, 1.165) is 11.1 Å². The molecule has 11 heteroatoms. The average molecular weight is 548 g/mol. The lowest BCUT2D eigenvalue weighted by atomic mass is 10.1. The number of nitrogens with zero attached hydrogens (tertiary/aromatic N) is 2. The standard InChI is InChI=1S/C25H26ClN3O5S2/c1-18-3-8-21(9-4-18)35(31,32)27-20-7-12-23(24(26)17-20)25(30)28-13-15-29(16-14-28)36(33,34)22-10-5-19(2)6-11-22/h3-12,17,27H,13-16H2,1-2H3. The van der Waals surface area contributed by atoms with Crippen LogP contribution in [-0.2, 0) is 20.0 Å². The molecule has 0 aliphatic carbocycles. The van der Waals surface area contributed by atoms with Crippen molar-refractivity contribution < 1.29 is 21.6 Å². The highest BCUT2D eigenvalue weighted by Gasteiger charge is 2.31. The van der Waals surface area contributed by atoms with Crippen LogP contribution in [0.4, 0.5) is 5.69 Å². The fourth-order valence-corrected chi connectivity index (χ4v) is 6.58. The molecule has 0 bridgehead atoms. The summed E-state index contributed by atoms with van der Waals surface area (Å²) < 4.78 is 54.9. The monoisotopic (exact) mass is 547 g/mol. The van der Waals surface area contributed by atoms with Crippen LogP contribution in [0.3, 0.4) is 0 Å². The third-order valence-corrected chi connectivity index (χ3v) is 9.59. The maximum Gasteiger partial charge on any atom is 0.261 e. The van der Waals surface area contributed by atoms with Crippen molar-refractivity contribution in [2.24, 2.45) is 0 Å². The lowest BCUT2D eigenvalue weighted by molar-refractivity contribution is 0.0698. The fourth-order valence-electron chi connectivity index (χ4n) is 3.84. The first-order valence-electron chi connectivity index (χ1n) is 11.2. The van der Waals surface area contributed by atoms with Crippen LogP contribution in [0, 0.1) is 13.8 Å². The van der Waals surface area contributed by atoms with Gasteiger partial charge in [-0.05, 0) is 56.3 Å². The van der Waals surface area contributed by atoms with Crippen molar-refractivity contribution in [1.29, 1.82) is 0 Å². The Morgan fingerprint density at radius 2 is 1.31 bits per heavy atom. The van der Waals surface area contributed by atoms with Crippen molar-refractivity contribution in [2.45, 2.75) is 23.6 Å². The predicted octanol–water partition coefficient (Wildman–Crippen LogP) is 3.90. The largest absolute Gasteiger partial charge is 0.336 e. The molecule has 0 aromatic heterocycles. The van der Waals surface area contributed by atoms with E-state index in [1.165, 1.54) is 34.6 Å². The van der Waals surface area contributed by atoms with Crippen LogP contribution in [-0.4, -0.2) is 58.1 Å². The van der Waals surface area contributed by atoms with E-state index < -0.39 is 20.0 Å². The molecule has 3 aromatic rings. The van der Waals surface area contributed by atoms with Gasteiger partial charge in [0.2, 0.25) is 10.0 Å². The highest BCUT2D eigenvalue weighted by molar-refractivity contribution is 7.92. The van der Waals surface area contributed by atoms with Crippen molar-refractivity contribution in [3.63, 3.8) is 0 Å². The lowest BCUT2D eigenvalue weighted by Gasteiger charge is -2.34. The van der Waals surface area contributed by atoms with Crippen molar-refractivity contribution in [3.8, 4) is 0 Å². The summed E-state index contributed by atoms with van der Waals surface area (Å²) in [7, 11) is -7.46. The van der Waals surface area contributed by atoms with Gasteiger partial charge in [-0.25, -0.2) is 16.8 Å². The Bertz CT molecular complexity index is 1480. The smallest absolute Gasteiger partial charge is 0.261 e. The molecule has 1 aliphatic heterocycles. The molecule has 0 unspecified atom stereocenters. The van der Waals surface area contributed by atoms with Gasteiger partial charge in [-0.1, -0.05) is 47.0 Å². The fraction of sp³-hybridized carbons (Fsp3) is 0.240. The molecule has 1 saturated heterocycles. The Balaban J connectivity index is 1.42. The summed E-state index contributed by atoms with van der Waals surface area (Å²) in [5.74, 6) is -0.347. The highest BCUT2D eigenvalue weighted by atomic mass is 35.5. The van der Waals surface area contributed by atoms with E-state index in [0.29, 0.717) is 0 Å². The number of hydrogen-bond acceptors (Lipinski definition) is 5. The molecule has 1 heterocycles. The zero-order chi connectivity index (χ0) is 26.1. The molecule has 36 heavy (non-hydrogen) atoms. The number of benzene rings is 3. The number of amides is 1. The van der Waals surface area contributed by atoms with E-state index in [4.69, 9.17) is 11.6 Å². The van der Waals surface area contributed by atoms with E-state index in [9.17, 15) is 21.6 Å². The van der Waals surface area contributed by atoms with Gasteiger partial charge in [0.15, 0.2) is 0 Å². The molecule has 1 amide bonds. The van der Waals surface area contributed by atoms with Crippen LogP contribution in [0.2, 0.25) is 5.02 Å². The molecule has 3 aromatic carbocycles. The second-order valence-electron chi connectivity index (χ2n) is 8.62. The molecular formula is C25H26ClN3O5S2. The van der Waals surface area contributed by atoms with Crippen molar-refractivity contribution in [2.75, 3.05) is 30.9 Å². The Labute approximate surface area is 216 Å². The van der Waals surface area contributed by atoms with Gasteiger partial charge in [-0.2, -0.15) is 4.31 Å². The van der Waals surface area contributed by atoms with E-state index in [2.05, 4.69) is 4.72 Å². The first kappa shape index (κ1) is 26.2. The minimum absolute atomic E-state index is 0.0961. The minimum atomic E-state index is -3.81. The summed E-state index contributed by atoms with van der Waals surface area (Å²) in [4.78, 5) is 14.9. The lowest BCUT2D eigenvalue weighted by Crippen LogP contribution is -2.50. The number of carbonyl (C=O) groups is 1. The normalized spacial score (nSPS) is 15.0. The molecular weight excluding hydrogens is 522 g/mol. The van der Waals surface area contributed by atoms with Gasteiger partial charge in [-0.15, -0.1) is 0 Å². The maximum absolute atomic E-state index is 13.1. The number of carbonyl (C=O) groups excluding carboxylic acids is 1. The van der Waals surface area contributed by atoms with Gasteiger partial charge in [0.25, 0.3) is 15.9 Å². The zero-order valence-electron chi connectivity index (χ0n) is 19.8. The molecule has 0 radical (unpaired) electrons. The summed E-state index contributed by atoms with van der Waals surface area (Å²) in [6.07, 6.45) is 0. The number of aryl methyl sites for hydroxylation is 2. The quantitative estimate of drug-likeness (QED) is 0.504. The summed E-state index contributed by atoms with van der Waals surface area (Å²) in [6.45, 7) is 4.49. The van der Waals surface area contributed by atoms with E-state index >= 15 is 0 Å². The van der Waals surface area contributed by atoms with Gasteiger partial charge in [0.1, 0.15) is 0 Å². The van der Waals surface area contributed by atoms with Gasteiger partial charge in [0, 0.05) is 26.2 Å². The Hall–Kier alpha value is -2.92. The second kappa shape index (κ2) is 10.2. The first-order valence-corrected chi connectivity index (χ1v) is 14.5. The number of hydrogen-bond donors (Lipinski definition) is 1. The summed E-state index contributed by atoms with van der Waals surface area (Å²) in [5, 5.41) is 0.0961. The third kappa shape index (κ3) is 5.57. The number of piperazine rings is 1. The molecule has 0 saturated carbocycles. The van der Waals surface area contributed by atoms with Crippen LogP contribution >= 0.6 is 11.6 Å². The Morgan fingerprint density at radius 3 is 1.83 bits per heavy atom. The molecule has 1 aliphatic rings. The van der Waals surface area contributed by atoms with Gasteiger partial charge in [0.05, 0.1) is 26.1 Å². The number of nitrogens with one attached hydrogen (secondary N) is 1. The van der Waals surface area contributed by atoms with E-state index in [1.54, 1.807) is 41.3 Å². The maximum atomic E-state index is 13.1. The zero-order valence-corrected chi connectivity index (χ0v) is 22.2.